The highest BCUT2D eigenvalue weighted by Crippen LogP contribution is 2.07. The van der Waals surface area contributed by atoms with Gasteiger partial charge < -0.3 is 10.1 Å². The fourth-order valence-corrected chi connectivity index (χ4v) is 1.45. The number of amides is 1. The summed E-state index contributed by atoms with van der Waals surface area (Å²) < 4.78 is 18.6. The van der Waals surface area contributed by atoms with Crippen molar-refractivity contribution in [3.05, 3.63) is 29.8 Å². The summed E-state index contributed by atoms with van der Waals surface area (Å²) >= 11 is 0. The SMILES string of the molecule is CCOCC(NC(=O)c1cccnc1F)C(C)C. The summed E-state index contributed by atoms with van der Waals surface area (Å²) in [5, 5.41) is 2.76. The molecule has 1 aromatic rings. The highest BCUT2D eigenvalue weighted by atomic mass is 19.1. The van der Waals surface area contributed by atoms with Gasteiger partial charge in [-0.3, -0.25) is 4.79 Å². The molecule has 18 heavy (non-hydrogen) atoms. The number of pyridine rings is 1. The molecular formula is C13H19FN2O2. The monoisotopic (exact) mass is 254 g/mol. The van der Waals surface area contributed by atoms with E-state index in [4.69, 9.17) is 4.74 Å². The van der Waals surface area contributed by atoms with Crippen LogP contribution in [0.1, 0.15) is 31.1 Å². The van der Waals surface area contributed by atoms with Crippen LogP contribution in [0.5, 0.6) is 0 Å². The molecule has 1 heterocycles. The molecule has 1 amide bonds. The van der Waals surface area contributed by atoms with Gasteiger partial charge in [0.25, 0.3) is 5.91 Å². The number of nitrogens with one attached hydrogen (secondary N) is 1. The molecule has 0 fully saturated rings. The Kier molecular flexibility index (Phi) is 5.71. The fraction of sp³-hybridized carbons (Fsp3) is 0.538. The van der Waals surface area contributed by atoms with Gasteiger partial charge in [-0.2, -0.15) is 4.39 Å². The maximum Gasteiger partial charge on any atom is 0.256 e. The predicted octanol–water partition coefficient (Wildman–Crippen LogP) is 2.01. The molecule has 5 heteroatoms. The van der Waals surface area contributed by atoms with Gasteiger partial charge in [-0.05, 0) is 25.0 Å². The molecule has 0 radical (unpaired) electrons. The quantitative estimate of drug-likeness (QED) is 0.790. The predicted molar refractivity (Wildman–Crippen MR) is 66.8 cm³/mol. The minimum Gasteiger partial charge on any atom is -0.380 e. The number of ether oxygens (including phenoxy) is 1. The Morgan fingerprint density at radius 3 is 2.83 bits per heavy atom. The van der Waals surface area contributed by atoms with E-state index >= 15 is 0 Å². The molecule has 0 bridgehead atoms. The number of nitrogens with zero attached hydrogens (tertiary/aromatic N) is 1. The van der Waals surface area contributed by atoms with Crippen molar-refractivity contribution >= 4 is 5.91 Å². The summed E-state index contributed by atoms with van der Waals surface area (Å²) in [6, 6.07) is 2.80. The fourth-order valence-electron chi connectivity index (χ4n) is 1.45. The number of carbonyl (C=O) groups excluding carboxylic acids is 1. The van der Waals surface area contributed by atoms with Crippen LogP contribution in [0.2, 0.25) is 0 Å². The van der Waals surface area contributed by atoms with Crippen LogP contribution in [0.25, 0.3) is 0 Å². The number of halogens is 1. The minimum absolute atomic E-state index is 0.0420. The van der Waals surface area contributed by atoms with Gasteiger partial charge in [0.2, 0.25) is 5.95 Å². The van der Waals surface area contributed by atoms with Gasteiger partial charge in [-0.1, -0.05) is 13.8 Å². The Morgan fingerprint density at radius 1 is 1.56 bits per heavy atom. The lowest BCUT2D eigenvalue weighted by molar-refractivity contribution is 0.0802. The van der Waals surface area contributed by atoms with Crippen molar-refractivity contribution < 1.29 is 13.9 Å². The van der Waals surface area contributed by atoms with Crippen LogP contribution in [0.4, 0.5) is 4.39 Å². The molecular weight excluding hydrogens is 235 g/mol. The molecule has 0 aliphatic carbocycles. The highest BCUT2D eigenvalue weighted by Gasteiger charge is 2.19. The lowest BCUT2D eigenvalue weighted by atomic mass is 10.0. The van der Waals surface area contributed by atoms with Crippen LogP contribution in [-0.4, -0.2) is 30.1 Å². The van der Waals surface area contributed by atoms with E-state index in [0.29, 0.717) is 13.2 Å². The zero-order valence-electron chi connectivity index (χ0n) is 10.9. The van der Waals surface area contributed by atoms with Crippen molar-refractivity contribution in [2.24, 2.45) is 5.92 Å². The van der Waals surface area contributed by atoms with Gasteiger partial charge in [0, 0.05) is 12.8 Å². The van der Waals surface area contributed by atoms with Crippen molar-refractivity contribution in [2.75, 3.05) is 13.2 Å². The first-order valence-corrected chi connectivity index (χ1v) is 6.05. The first-order valence-electron chi connectivity index (χ1n) is 6.05. The molecule has 1 rings (SSSR count). The smallest absolute Gasteiger partial charge is 0.256 e. The Balaban J connectivity index is 2.69. The van der Waals surface area contributed by atoms with Crippen molar-refractivity contribution in [1.82, 2.24) is 10.3 Å². The zero-order valence-corrected chi connectivity index (χ0v) is 10.9. The van der Waals surface area contributed by atoms with E-state index in [-0.39, 0.29) is 17.5 Å². The largest absolute Gasteiger partial charge is 0.380 e. The van der Waals surface area contributed by atoms with E-state index < -0.39 is 11.9 Å². The Hall–Kier alpha value is -1.49. The molecule has 100 valence electrons. The average Bonchev–Trinajstić information content (AvgIpc) is 2.34. The molecule has 0 saturated heterocycles. The maximum absolute atomic E-state index is 13.3. The molecule has 1 atom stereocenters. The van der Waals surface area contributed by atoms with Crippen LogP contribution in [0, 0.1) is 11.9 Å². The van der Waals surface area contributed by atoms with Crippen LogP contribution >= 0.6 is 0 Å². The van der Waals surface area contributed by atoms with Crippen LogP contribution in [0.3, 0.4) is 0 Å². The number of aromatic nitrogens is 1. The van der Waals surface area contributed by atoms with Crippen molar-refractivity contribution in [1.29, 1.82) is 0 Å². The van der Waals surface area contributed by atoms with E-state index in [1.807, 2.05) is 20.8 Å². The molecule has 0 aromatic carbocycles. The lowest BCUT2D eigenvalue weighted by Crippen LogP contribution is -2.42. The normalized spacial score (nSPS) is 12.5. The number of rotatable bonds is 6. The van der Waals surface area contributed by atoms with Crippen molar-refractivity contribution in [2.45, 2.75) is 26.8 Å². The summed E-state index contributed by atoms with van der Waals surface area (Å²) in [5.41, 5.74) is -0.0420. The van der Waals surface area contributed by atoms with E-state index in [1.54, 1.807) is 0 Å². The zero-order chi connectivity index (χ0) is 13.5. The van der Waals surface area contributed by atoms with Crippen LogP contribution < -0.4 is 5.32 Å². The second kappa shape index (κ2) is 7.06. The van der Waals surface area contributed by atoms with Gasteiger partial charge in [0.1, 0.15) is 0 Å². The Bertz CT molecular complexity index is 396. The summed E-state index contributed by atoms with van der Waals surface area (Å²) in [7, 11) is 0. The maximum atomic E-state index is 13.3. The first-order chi connectivity index (χ1) is 8.56. The topological polar surface area (TPSA) is 51.2 Å². The molecule has 1 N–H and O–H groups in total. The lowest BCUT2D eigenvalue weighted by Gasteiger charge is -2.22. The van der Waals surface area contributed by atoms with Gasteiger partial charge in [-0.15, -0.1) is 0 Å². The van der Waals surface area contributed by atoms with Gasteiger partial charge in [0.05, 0.1) is 18.2 Å². The van der Waals surface area contributed by atoms with E-state index in [1.165, 1.54) is 18.3 Å². The molecule has 0 aliphatic heterocycles. The molecule has 0 saturated carbocycles. The third kappa shape index (κ3) is 4.07. The number of carbonyl (C=O) groups is 1. The van der Waals surface area contributed by atoms with Crippen molar-refractivity contribution in [3.8, 4) is 0 Å². The van der Waals surface area contributed by atoms with Crippen LogP contribution in [0.15, 0.2) is 18.3 Å². The third-order valence-electron chi connectivity index (χ3n) is 2.63. The molecule has 4 nitrogen and oxygen atoms in total. The molecule has 0 spiro atoms. The molecule has 0 aliphatic rings. The van der Waals surface area contributed by atoms with E-state index in [2.05, 4.69) is 10.3 Å². The standard InChI is InChI=1S/C13H19FN2O2/c1-4-18-8-11(9(2)3)16-13(17)10-6-5-7-15-12(10)14/h5-7,9,11H,4,8H2,1-3H3,(H,16,17). The van der Waals surface area contributed by atoms with Gasteiger partial charge >= 0.3 is 0 Å². The van der Waals surface area contributed by atoms with Crippen LogP contribution in [-0.2, 0) is 4.74 Å². The third-order valence-corrected chi connectivity index (χ3v) is 2.63. The minimum atomic E-state index is -0.756. The second-order valence-corrected chi connectivity index (χ2v) is 4.33. The Labute approximate surface area is 107 Å². The molecule has 1 unspecified atom stereocenters. The average molecular weight is 254 g/mol. The van der Waals surface area contributed by atoms with Gasteiger partial charge in [0.15, 0.2) is 0 Å². The Morgan fingerprint density at radius 2 is 2.28 bits per heavy atom. The summed E-state index contributed by atoms with van der Waals surface area (Å²) in [6.07, 6.45) is 1.31. The summed E-state index contributed by atoms with van der Waals surface area (Å²) in [4.78, 5) is 15.4. The van der Waals surface area contributed by atoms with Crippen molar-refractivity contribution in [3.63, 3.8) is 0 Å². The summed E-state index contributed by atoms with van der Waals surface area (Å²) in [5.74, 6) is -1.01. The number of hydrogen-bond acceptors (Lipinski definition) is 3. The van der Waals surface area contributed by atoms with E-state index in [9.17, 15) is 9.18 Å². The van der Waals surface area contributed by atoms with Gasteiger partial charge in [-0.25, -0.2) is 4.98 Å². The highest BCUT2D eigenvalue weighted by molar-refractivity contribution is 5.94. The second-order valence-electron chi connectivity index (χ2n) is 4.33. The summed E-state index contributed by atoms with van der Waals surface area (Å²) in [6.45, 7) is 6.84. The number of hydrogen-bond donors (Lipinski definition) is 1. The molecule has 1 aromatic heterocycles. The van der Waals surface area contributed by atoms with E-state index in [0.717, 1.165) is 0 Å². The first kappa shape index (κ1) is 14.6.